The lowest BCUT2D eigenvalue weighted by molar-refractivity contribution is 0.222. The van der Waals surface area contributed by atoms with E-state index in [1.165, 1.54) is 16.8 Å². The monoisotopic (exact) mass is 371 g/mol. The second kappa shape index (κ2) is 8.14. The van der Waals surface area contributed by atoms with Gasteiger partial charge in [0.1, 0.15) is 0 Å². The van der Waals surface area contributed by atoms with E-state index in [1.807, 2.05) is 49.4 Å². The fraction of sp³-hybridized carbons (Fsp3) is 0.263. The SMILES string of the molecule is CCOc1ccc(C2=NN(Cc3ccc(N)cc3)C(=O)SC2)cc1OC. The molecule has 0 saturated heterocycles. The summed E-state index contributed by atoms with van der Waals surface area (Å²) in [5.41, 5.74) is 9.11. The quantitative estimate of drug-likeness (QED) is 0.783. The van der Waals surface area contributed by atoms with Crippen LogP contribution in [0.4, 0.5) is 10.5 Å². The minimum atomic E-state index is -0.0662. The zero-order valence-corrected chi connectivity index (χ0v) is 15.6. The highest BCUT2D eigenvalue weighted by molar-refractivity contribution is 8.14. The van der Waals surface area contributed by atoms with E-state index in [0.29, 0.717) is 36.1 Å². The molecule has 0 aliphatic carbocycles. The smallest absolute Gasteiger partial charge is 0.302 e. The number of rotatable bonds is 6. The maximum Gasteiger partial charge on any atom is 0.302 e. The average Bonchev–Trinajstić information content (AvgIpc) is 2.66. The van der Waals surface area contributed by atoms with E-state index < -0.39 is 0 Å². The maximum atomic E-state index is 12.2. The van der Waals surface area contributed by atoms with Gasteiger partial charge in [-0.3, -0.25) is 4.79 Å². The topological polar surface area (TPSA) is 77.1 Å². The number of carbonyl (C=O) groups excluding carboxylic acids is 1. The van der Waals surface area contributed by atoms with Crippen molar-refractivity contribution in [2.45, 2.75) is 13.5 Å². The van der Waals surface area contributed by atoms with Crippen molar-refractivity contribution in [3.63, 3.8) is 0 Å². The molecule has 2 aromatic rings. The average molecular weight is 371 g/mol. The molecule has 26 heavy (non-hydrogen) atoms. The summed E-state index contributed by atoms with van der Waals surface area (Å²) in [4.78, 5) is 12.2. The van der Waals surface area contributed by atoms with Crippen LogP contribution in [-0.2, 0) is 6.54 Å². The molecule has 0 saturated carbocycles. The number of ether oxygens (including phenoxy) is 2. The van der Waals surface area contributed by atoms with Crippen LogP contribution in [0.1, 0.15) is 18.1 Å². The van der Waals surface area contributed by atoms with Gasteiger partial charge in [-0.05, 0) is 42.8 Å². The lowest BCUT2D eigenvalue weighted by atomic mass is 10.1. The Bertz CT molecular complexity index is 821. The first-order valence-corrected chi connectivity index (χ1v) is 9.26. The van der Waals surface area contributed by atoms with E-state index in [-0.39, 0.29) is 5.24 Å². The van der Waals surface area contributed by atoms with Crippen LogP contribution in [0.2, 0.25) is 0 Å². The predicted octanol–water partition coefficient (Wildman–Crippen LogP) is 3.75. The van der Waals surface area contributed by atoms with Crippen molar-refractivity contribution < 1.29 is 14.3 Å². The summed E-state index contributed by atoms with van der Waals surface area (Å²) in [5.74, 6) is 1.87. The number of methoxy groups -OCH3 is 1. The van der Waals surface area contributed by atoms with Crippen molar-refractivity contribution in [3.05, 3.63) is 53.6 Å². The Morgan fingerprint density at radius 1 is 1.19 bits per heavy atom. The number of carbonyl (C=O) groups is 1. The fourth-order valence-corrected chi connectivity index (χ4v) is 3.32. The van der Waals surface area contributed by atoms with Gasteiger partial charge in [0.15, 0.2) is 11.5 Å². The number of hydrogen-bond acceptors (Lipinski definition) is 6. The van der Waals surface area contributed by atoms with Crippen molar-refractivity contribution in [3.8, 4) is 11.5 Å². The summed E-state index contributed by atoms with van der Waals surface area (Å²) in [6, 6.07) is 13.1. The number of thioether (sulfide) groups is 1. The van der Waals surface area contributed by atoms with Gasteiger partial charge in [-0.25, -0.2) is 5.01 Å². The number of anilines is 1. The Morgan fingerprint density at radius 3 is 2.65 bits per heavy atom. The summed E-state index contributed by atoms with van der Waals surface area (Å²) < 4.78 is 11.0. The van der Waals surface area contributed by atoms with E-state index >= 15 is 0 Å². The maximum absolute atomic E-state index is 12.2. The second-order valence-electron chi connectivity index (χ2n) is 5.70. The van der Waals surface area contributed by atoms with Gasteiger partial charge < -0.3 is 15.2 Å². The summed E-state index contributed by atoms with van der Waals surface area (Å²) in [6.45, 7) is 2.90. The molecule has 1 aliphatic heterocycles. The van der Waals surface area contributed by atoms with Crippen LogP contribution in [0.3, 0.4) is 0 Å². The van der Waals surface area contributed by atoms with Crippen LogP contribution in [0, 0.1) is 0 Å². The van der Waals surface area contributed by atoms with Gasteiger partial charge in [-0.1, -0.05) is 23.9 Å². The van der Waals surface area contributed by atoms with Gasteiger partial charge in [0.2, 0.25) is 0 Å². The van der Waals surface area contributed by atoms with Crippen LogP contribution in [0.5, 0.6) is 11.5 Å². The molecule has 1 amide bonds. The van der Waals surface area contributed by atoms with Crippen LogP contribution in [0.15, 0.2) is 47.6 Å². The van der Waals surface area contributed by atoms with E-state index in [2.05, 4.69) is 5.10 Å². The zero-order valence-electron chi connectivity index (χ0n) is 14.8. The molecule has 3 rings (SSSR count). The number of nitrogen functional groups attached to an aromatic ring is 1. The van der Waals surface area contributed by atoms with E-state index in [9.17, 15) is 4.79 Å². The van der Waals surface area contributed by atoms with Crippen LogP contribution >= 0.6 is 11.8 Å². The normalized spacial score (nSPS) is 14.2. The number of hydrazone groups is 1. The van der Waals surface area contributed by atoms with Crippen LogP contribution in [0.25, 0.3) is 0 Å². The number of benzene rings is 2. The highest BCUT2D eigenvalue weighted by Crippen LogP contribution is 2.30. The molecule has 0 spiro atoms. The van der Waals surface area contributed by atoms with Crippen molar-refractivity contribution in [1.82, 2.24) is 5.01 Å². The number of nitrogens with two attached hydrogens (primary N) is 1. The molecule has 1 aliphatic rings. The predicted molar refractivity (Wildman–Crippen MR) is 105 cm³/mol. The molecule has 2 N–H and O–H groups in total. The first kappa shape index (κ1) is 18.1. The number of amides is 1. The molecule has 0 bridgehead atoms. The minimum Gasteiger partial charge on any atom is -0.493 e. The van der Waals surface area contributed by atoms with Gasteiger partial charge in [0.05, 0.1) is 26.0 Å². The van der Waals surface area contributed by atoms with Gasteiger partial charge in [0, 0.05) is 17.0 Å². The van der Waals surface area contributed by atoms with E-state index in [0.717, 1.165) is 16.8 Å². The van der Waals surface area contributed by atoms with Crippen LogP contribution in [-0.4, -0.2) is 35.4 Å². The Kier molecular flexibility index (Phi) is 5.68. The fourth-order valence-electron chi connectivity index (χ4n) is 2.58. The molecule has 0 radical (unpaired) electrons. The highest BCUT2D eigenvalue weighted by Gasteiger charge is 2.23. The Labute approximate surface area is 157 Å². The number of hydrogen-bond donors (Lipinski definition) is 1. The molecule has 1 heterocycles. The van der Waals surface area contributed by atoms with E-state index in [4.69, 9.17) is 15.2 Å². The molecule has 0 aromatic heterocycles. The molecule has 7 heteroatoms. The summed E-state index contributed by atoms with van der Waals surface area (Å²) >= 11 is 1.24. The first-order valence-electron chi connectivity index (χ1n) is 8.28. The lowest BCUT2D eigenvalue weighted by Gasteiger charge is -2.23. The first-order chi connectivity index (χ1) is 12.6. The summed E-state index contributed by atoms with van der Waals surface area (Å²) in [7, 11) is 1.61. The lowest BCUT2D eigenvalue weighted by Crippen LogP contribution is -2.29. The third-order valence-corrected chi connectivity index (χ3v) is 4.77. The van der Waals surface area contributed by atoms with Crippen molar-refractivity contribution in [2.75, 3.05) is 25.2 Å². The molecule has 2 aromatic carbocycles. The molecule has 136 valence electrons. The molecular weight excluding hydrogens is 350 g/mol. The Morgan fingerprint density at radius 2 is 1.96 bits per heavy atom. The van der Waals surface area contributed by atoms with Gasteiger partial charge in [0.25, 0.3) is 0 Å². The van der Waals surface area contributed by atoms with Gasteiger partial charge >= 0.3 is 5.24 Å². The second-order valence-corrected chi connectivity index (χ2v) is 6.63. The Hall–Kier alpha value is -2.67. The molecular formula is C19H21N3O3S. The third kappa shape index (κ3) is 4.11. The summed E-state index contributed by atoms with van der Waals surface area (Å²) in [6.07, 6.45) is 0. The zero-order chi connectivity index (χ0) is 18.5. The largest absolute Gasteiger partial charge is 0.493 e. The van der Waals surface area contributed by atoms with Crippen molar-refractivity contribution in [2.24, 2.45) is 5.10 Å². The minimum absolute atomic E-state index is 0.0662. The standard InChI is InChI=1S/C19H21N3O3S/c1-3-25-17-9-6-14(10-18(17)24-2)16-12-26-19(23)22(21-16)11-13-4-7-15(20)8-5-13/h4-10H,3,11-12,20H2,1-2H3. The third-order valence-electron chi connectivity index (χ3n) is 3.89. The van der Waals surface area contributed by atoms with Gasteiger partial charge in [-0.2, -0.15) is 5.10 Å². The summed E-state index contributed by atoms with van der Waals surface area (Å²) in [5, 5.41) is 5.97. The van der Waals surface area contributed by atoms with Crippen LogP contribution < -0.4 is 15.2 Å². The van der Waals surface area contributed by atoms with Crippen molar-refractivity contribution >= 4 is 28.4 Å². The number of nitrogens with zero attached hydrogens (tertiary/aromatic N) is 2. The molecule has 0 atom stereocenters. The molecule has 6 nitrogen and oxygen atoms in total. The highest BCUT2D eigenvalue weighted by atomic mass is 32.2. The van der Waals surface area contributed by atoms with E-state index in [1.54, 1.807) is 7.11 Å². The molecule has 0 fully saturated rings. The Balaban J connectivity index is 1.85. The van der Waals surface area contributed by atoms with Crippen molar-refractivity contribution in [1.29, 1.82) is 0 Å². The van der Waals surface area contributed by atoms with Gasteiger partial charge in [-0.15, -0.1) is 0 Å². The molecule has 0 unspecified atom stereocenters.